The van der Waals surface area contributed by atoms with Gasteiger partial charge in [0.25, 0.3) is 0 Å². The largest absolute Gasteiger partial charge is 0.369 e. The molecule has 0 aliphatic carbocycles. The summed E-state index contributed by atoms with van der Waals surface area (Å²) in [5.41, 5.74) is 1.73. The van der Waals surface area contributed by atoms with E-state index < -0.39 is 0 Å². The van der Waals surface area contributed by atoms with E-state index in [4.69, 9.17) is 9.26 Å². The third-order valence-corrected chi connectivity index (χ3v) is 6.23. The van der Waals surface area contributed by atoms with Gasteiger partial charge in [0.15, 0.2) is 5.76 Å². The standard InChI is InChI=1S/C23H27FN4O3S/c24-18-4-6-20(7-5-18)28-12-10-27(11-13-28)9-2-8-25-23(29)17-30-16-19-15-21(31-26-19)22-3-1-14-32-22/h1,3-7,14-15H,2,8-13,16-17H2,(H,25,29). The molecule has 1 amide bonds. The van der Waals surface area contributed by atoms with Crippen LogP contribution in [-0.4, -0.2) is 61.8 Å². The molecule has 1 aliphatic heterocycles. The van der Waals surface area contributed by atoms with Crippen LogP contribution >= 0.6 is 11.3 Å². The quantitative estimate of drug-likeness (QED) is 0.470. The van der Waals surface area contributed by atoms with Gasteiger partial charge in [-0.3, -0.25) is 9.69 Å². The first-order chi connectivity index (χ1) is 15.7. The first-order valence-corrected chi connectivity index (χ1v) is 11.6. The molecule has 2 aromatic heterocycles. The van der Waals surface area contributed by atoms with Crippen molar-refractivity contribution in [2.45, 2.75) is 13.0 Å². The van der Waals surface area contributed by atoms with Crippen LogP contribution in [0, 0.1) is 5.82 Å². The lowest BCUT2D eigenvalue weighted by atomic mass is 10.2. The number of benzene rings is 1. The van der Waals surface area contributed by atoms with Crippen molar-refractivity contribution in [3.8, 4) is 10.6 Å². The zero-order valence-electron chi connectivity index (χ0n) is 17.8. The molecule has 0 bridgehead atoms. The zero-order chi connectivity index (χ0) is 22.2. The van der Waals surface area contributed by atoms with E-state index in [9.17, 15) is 9.18 Å². The summed E-state index contributed by atoms with van der Waals surface area (Å²) in [6.45, 7) is 5.54. The fourth-order valence-corrected chi connectivity index (χ4v) is 4.30. The van der Waals surface area contributed by atoms with Gasteiger partial charge in [-0.15, -0.1) is 11.3 Å². The van der Waals surface area contributed by atoms with E-state index in [0.717, 1.165) is 49.7 Å². The Labute approximate surface area is 190 Å². The SMILES string of the molecule is O=C(COCc1cc(-c2cccs2)on1)NCCCN1CCN(c2ccc(F)cc2)CC1. The van der Waals surface area contributed by atoms with Gasteiger partial charge >= 0.3 is 0 Å². The molecule has 7 nitrogen and oxygen atoms in total. The van der Waals surface area contributed by atoms with Crippen molar-refractivity contribution in [3.63, 3.8) is 0 Å². The van der Waals surface area contributed by atoms with Gasteiger partial charge in [0.2, 0.25) is 5.91 Å². The minimum atomic E-state index is -0.207. The number of amides is 1. The van der Waals surface area contributed by atoms with Gasteiger partial charge in [-0.05, 0) is 48.7 Å². The summed E-state index contributed by atoms with van der Waals surface area (Å²) in [4.78, 5) is 17.6. The summed E-state index contributed by atoms with van der Waals surface area (Å²) in [6, 6.07) is 12.4. The Bertz CT molecular complexity index is 970. The second-order valence-electron chi connectivity index (χ2n) is 7.66. The summed E-state index contributed by atoms with van der Waals surface area (Å²) in [5, 5.41) is 8.85. The number of hydrogen-bond donors (Lipinski definition) is 1. The van der Waals surface area contributed by atoms with Gasteiger partial charge in [0, 0.05) is 44.5 Å². The first-order valence-electron chi connectivity index (χ1n) is 10.7. The second kappa shape index (κ2) is 11.2. The first kappa shape index (κ1) is 22.4. The highest BCUT2D eigenvalue weighted by Gasteiger charge is 2.17. The predicted octanol–water partition coefficient (Wildman–Crippen LogP) is 3.39. The second-order valence-corrected chi connectivity index (χ2v) is 8.61. The molecule has 9 heteroatoms. The zero-order valence-corrected chi connectivity index (χ0v) is 18.7. The fourth-order valence-electron chi connectivity index (χ4n) is 3.63. The van der Waals surface area contributed by atoms with Crippen LogP contribution < -0.4 is 10.2 Å². The number of hydrogen-bond acceptors (Lipinski definition) is 7. The lowest BCUT2D eigenvalue weighted by Crippen LogP contribution is -2.47. The lowest BCUT2D eigenvalue weighted by molar-refractivity contribution is -0.126. The smallest absolute Gasteiger partial charge is 0.246 e. The van der Waals surface area contributed by atoms with Crippen LogP contribution in [0.25, 0.3) is 10.6 Å². The number of ether oxygens (including phenoxy) is 1. The maximum absolute atomic E-state index is 13.1. The summed E-state index contributed by atoms with van der Waals surface area (Å²) in [5.74, 6) is 0.371. The Balaban J connectivity index is 1.06. The van der Waals surface area contributed by atoms with Crippen LogP contribution in [0.4, 0.5) is 10.1 Å². The van der Waals surface area contributed by atoms with Crippen molar-refractivity contribution < 1.29 is 18.4 Å². The van der Waals surface area contributed by atoms with E-state index >= 15 is 0 Å². The number of nitrogens with one attached hydrogen (secondary N) is 1. The fraction of sp³-hybridized carbons (Fsp3) is 0.391. The predicted molar refractivity (Wildman–Crippen MR) is 122 cm³/mol. The van der Waals surface area contributed by atoms with Gasteiger partial charge in [0.05, 0.1) is 11.5 Å². The molecule has 170 valence electrons. The topological polar surface area (TPSA) is 70.8 Å². The van der Waals surface area contributed by atoms with Crippen LogP contribution in [0.15, 0.2) is 52.4 Å². The van der Waals surface area contributed by atoms with Crippen molar-refractivity contribution in [1.29, 1.82) is 0 Å². The van der Waals surface area contributed by atoms with E-state index in [1.165, 1.54) is 12.1 Å². The van der Waals surface area contributed by atoms with Gasteiger partial charge in [-0.25, -0.2) is 4.39 Å². The lowest BCUT2D eigenvalue weighted by Gasteiger charge is -2.36. The summed E-state index contributed by atoms with van der Waals surface area (Å²) < 4.78 is 23.8. The van der Waals surface area contributed by atoms with Gasteiger partial charge in [0.1, 0.15) is 18.1 Å². The molecule has 0 atom stereocenters. The molecule has 1 aliphatic rings. The molecule has 1 saturated heterocycles. The van der Waals surface area contributed by atoms with Crippen molar-refractivity contribution in [2.24, 2.45) is 0 Å². The number of piperazine rings is 1. The molecule has 32 heavy (non-hydrogen) atoms. The maximum atomic E-state index is 13.1. The summed E-state index contributed by atoms with van der Waals surface area (Å²) in [6.07, 6.45) is 0.885. The number of rotatable bonds is 10. The molecule has 1 N–H and O–H groups in total. The molecule has 0 radical (unpaired) electrons. The van der Waals surface area contributed by atoms with E-state index in [-0.39, 0.29) is 24.9 Å². The van der Waals surface area contributed by atoms with Crippen LogP contribution in [0.2, 0.25) is 0 Å². The maximum Gasteiger partial charge on any atom is 0.246 e. The van der Waals surface area contributed by atoms with Crippen LogP contribution in [-0.2, 0) is 16.1 Å². The summed E-state index contributed by atoms with van der Waals surface area (Å²) >= 11 is 1.58. The molecular formula is C23H27FN4O3S. The van der Waals surface area contributed by atoms with Crippen LogP contribution in [0.1, 0.15) is 12.1 Å². The normalized spacial score (nSPS) is 14.6. The minimum Gasteiger partial charge on any atom is -0.369 e. The average molecular weight is 459 g/mol. The average Bonchev–Trinajstić information content (AvgIpc) is 3.50. The molecule has 4 rings (SSSR count). The van der Waals surface area contributed by atoms with E-state index in [1.807, 2.05) is 35.7 Å². The number of nitrogens with zero attached hydrogens (tertiary/aromatic N) is 3. The van der Waals surface area contributed by atoms with Gasteiger partial charge in [-0.2, -0.15) is 0 Å². The molecule has 1 aromatic carbocycles. The Hall–Kier alpha value is -2.75. The number of aromatic nitrogens is 1. The summed E-state index contributed by atoms with van der Waals surface area (Å²) in [7, 11) is 0. The third kappa shape index (κ3) is 6.38. The Morgan fingerprint density at radius 1 is 1.19 bits per heavy atom. The third-order valence-electron chi connectivity index (χ3n) is 5.34. The van der Waals surface area contributed by atoms with Crippen molar-refractivity contribution in [3.05, 3.63) is 59.4 Å². The van der Waals surface area contributed by atoms with E-state index in [1.54, 1.807) is 11.3 Å². The molecule has 0 saturated carbocycles. The number of thiophene rings is 1. The minimum absolute atomic E-state index is 0.00244. The van der Waals surface area contributed by atoms with Crippen molar-refractivity contribution >= 4 is 22.9 Å². The molecule has 1 fully saturated rings. The van der Waals surface area contributed by atoms with Crippen LogP contribution in [0.3, 0.4) is 0 Å². The van der Waals surface area contributed by atoms with Crippen molar-refractivity contribution in [2.75, 3.05) is 50.8 Å². The Morgan fingerprint density at radius 2 is 2.00 bits per heavy atom. The Kier molecular flexibility index (Phi) is 7.87. The number of halogens is 1. The van der Waals surface area contributed by atoms with Gasteiger partial charge < -0.3 is 19.5 Å². The van der Waals surface area contributed by atoms with Crippen LogP contribution in [0.5, 0.6) is 0 Å². The van der Waals surface area contributed by atoms with E-state index in [2.05, 4.69) is 20.3 Å². The highest BCUT2D eigenvalue weighted by atomic mass is 32.1. The highest BCUT2D eigenvalue weighted by Crippen LogP contribution is 2.25. The van der Waals surface area contributed by atoms with E-state index in [0.29, 0.717) is 18.0 Å². The van der Waals surface area contributed by atoms with Gasteiger partial charge in [-0.1, -0.05) is 11.2 Å². The molecule has 0 unspecified atom stereocenters. The Morgan fingerprint density at radius 3 is 2.75 bits per heavy atom. The number of carbonyl (C=O) groups excluding carboxylic acids is 1. The molecule has 3 aromatic rings. The number of anilines is 1. The highest BCUT2D eigenvalue weighted by molar-refractivity contribution is 7.13. The molecule has 0 spiro atoms. The molecule has 3 heterocycles. The van der Waals surface area contributed by atoms with Crippen molar-refractivity contribution in [1.82, 2.24) is 15.4 Å². The number of carbonyl (C=O) groups is 1. The monoisotopic (exact) mass is 458 g/mol. The molecular weight excluding hydrogens is 431 g/mol.